The Labute approximate surface area is 97.0 Å². The van der Waals surface area contributed by atoms with Crippen molar-refractivity contribution in [3.63, 3.8) is 0 Å². The van der Waals surface area contributed by atoms with Gasteiger partial charge in [-0.05, 0) is 22.0 Å². The van der Waals surface area contributed by atoms with Gasteiger partial charge in [-0.2, -0.15) is 13.2 Å². The Morgan fingerprint density at radius 1 is 1.47 bits per heavy atom. The molecule has 7 heteroatoms. The van der Waals surface area contributed by atoms with Crippen molar-refractivity contribution in [1.29, 1.82) is 0 Å². The Hall–Kier alpha value is -0.270. The van der Waals surface area contributed by atoms with E-state index in [2.05, 4.69) is 20.9 Å². The van der Waals surface area contributed by atoms with Crippen molar-refractivity contribution in [1.82, 2.24) is 4.98 Å². The number of aliphatic hydroxyl groups excluding tert-OH is 1. The molecule has 0 saturated heterocycles. The van der Waals surface area contributed by atoms with Crippen LogP contribution in [0.15, 0.2) is 21.8 Å². The Kier molecular flexibility index (Phi) is 4.42. The first-order valence-electron chi connectivity index (χ1n) is 3.91. The largest absolute Gasteiger partial charge is 0.419 e. The van der Waals surface area contributed by atoms with Crippen molar-refractivity contribution in [2.75, 3.05) is 12.4 Å². The molecule has 0 amide bonds. The average molecular weight is 302 g/mol. The van der Waals surface area contributed by atoms with Crippen LogP contribution in [0.5, 0.6) is 0 Å². The van der Waals surface area contributed by atoms with Crippen LogP contribution >= 0.6 is 27.7 Å². The molecule has 84 valence electrons. The number of hydrogen-bond donors (Lipinski definition) is 1. The molecule has 2 nitrogen and oxygen atoms in total. The summed E-state index contributed by atoms with van der Waals surface area (Å²) in [4.78, 5) is 3.67. The molecule has 1 aromatic heterocycles. The average Bonchev–Trinajstić information content (AvgIpc) is 2.14. The lowest BCUT2D eigenvalue weighted by Crippen LogP contribution is -2.08. The van der Waals surface area contributed by atoms with Gasteiger partial charge in [0.25, 0.3) is 0 Å². The van der Waals surface area contributed by atoms with Gasteiger partial charge in [0.05, 0.1) is 12.2 Å². The van der Waals surface area contributed by atoms with Crippen LogP contribution in [0.2, 0.25) is 0 Å². The molecule has 15 heavy (non-hydrogen) atoms. The van der Waals surface area contributed by atoms with E-state index >= 15 is 0 Å². The van der Waals surface area contributed by atoms with Gasteiger partial charge >= 0.3 is 6.18 Å². The third kappa shape index (κ3) is 3.66. The van der Waals surface area contributed by atoms with E-state index in [4.69, 9.17) is 5.11 Å². The Balaban J connectivity index is 3.04. The summed E-state index contributed by atoms with van der Waals surface area (Å²) in [6.07, 6.45) is -3.12. The monoisotopic (exact) mass is 301 g/mol. The smallest absolute Gasteiger partial charge is 0.396 e. The topological polar surface area (TPSA) is 33.1 Å². The first kappa shape index (κ1) is 12.8. The minimum atomic E-state index is -4.42. The fourth-order valence-electron chi connectivity index (χ4n) is 0.887. The summed E-state index contributed by atoms with van der Waals surface area (Å²) < 4.78 is 37.8. The van der Waals surface area contributed by atoms with Gasteiger partial charge in [-0.15, -0.1) is 11.8 Å². The standard InChI is InChI=1S/C8H7BrF3NOS/c9-5-3-6(8(10,11)12)7(13-4-5)15-2-1-14/h3-4,14H,1-2H2. The molecular weight excluding hydrogens is 295 g/mol. The van der Waals surface area contributed by atoms with E-state index in [1.165, 1.54) is 6.20 Å². The Morgan fingerprint density at radius 3 is 2.67 bits per heavy atom. The number of halogens is 4. The highest BCUT2D eigenvalue weighted by Gasteiger charge is 2.34. The third-order valence-electron chi connectivity index (χ3n) is 1.45. The van der Waals surface area contributed by atoms with Crippen molar-refractivity contribution < 1.29 is 18.3 Å². The second-order valence-electron chi connectivity index (χ2n) is 2.58. The van der Waals surface area contributed by atoms with Gasteiger partial charge in [0.15, 0.2) is 0 Å². The molecule has 0 aliphatic carbocycles. The highest BCUT2D eigenvalue weighted by atomic mass is 79.9. The summed E-state index contributed by atoms with van der Waals surface area (Å²) in [5.74, 6) is 0.192. The quantitative estimate of drug-likeness (QED) is 0.872. The van der Waals surface area contributed by atoms with Crippen molar-refractivity contribution in [3.8, 4) is 0 Å². The van der Waals surface area contributed by atoms with Crippen LogP contribution < -0.4 is 0 Å². The Bertz CT molecular complexity index is 345. The number of aromatic nitrogens is 1. The van der Waals surface area contributed by atoms with E-state index in [0.717, 1.165) is 17.8 Å². The highest BCUT2D eigenvalue weighted by molar-refractivity contribution is 9.10. The lowest BCUT2D eigenvalue weighted by Gasteiger charge is -2.11. The number of pyridine rings is 1. The van der Waals surface area contributed by atoms with Gasteiger partial charge in [-0.3, -0.25) is 0 Å². The maximum absolute atomic E-state index is 12.5. The molecule has 0 atom stereocenters. The van der Waals surface area contributed by atoms with Crippen LogP contribution in [0.4, 0.5) is 13.2 Å². The lowest BCUT2D eigenvalue weighted by molar-refractivity contribution is -0.140. The van der Waals surface area contributed by atoms with E-state index in [1.54, 1.807) is 0 Å². The van der Waals surface area contributed by atoms with Gasteiger partial charge in [0.1, 0.15) is 5.03 Å². The highest BCUT2D eigenvalue weighted by Crippen LogP contribution is 2.36. The van der Waals surface area contributed by atoms with Crippen molar-refractivity contribution in [3.05, 3.63) is 22.3 Å². The van der Waals surface area contributed by atoms with Gasteiger partial charge in [-0.25, -0.2) is 4.98 Å². The van der Waals surface area contributed by atoms with Crippen LogP contribution in [-0.2, 0) is 6.18 Å². The second kappa shape index (κ2) is 5.18. The summed E-state index contributed by atoms with van der Waals surface area (Å²) in [7, 11) is 0. The van der Waals surface area contributed by atoms with Crippen LogP contribution in [0, 0.1) is 0 Å². The van der Waals surface area contributed by atoms with Crippen molar-refractivity contribution in [2.24, 2.45) is 0 Å². The number of aliphatic hydroxyl groups is 1. The third-order valence-corrected chi connectivity index (χ3v) is 2.87. The number of nitrogens with zero attached hydrogens (tertiary/aromatic N) is 1. The zero-order valence-electron chi connectivity index (χ0n) is 7.38. The normalized spacial score (nSPS) is 11.8. The molecule has 1 heterocycles. The SMILES string of the molecule is OCCSc1ncc(Br)cc1C(F)(F)F. The summed E-state index contributed by atoms with van der Waals surface area (Å²) in [6, 6.07) is 0.979. The van der Waals surface area contributed by atoms with Crippen LogP contribution in [0.3, 0.4) is 0 Å². The molecule has 0 bridgehead atoms. The fourth-order valence-corrected chi connectivity index (χ4v) is 1.96. The minimum absolute atomic E-state index is 0.111. The Morgan fingerprint density at radius 2 is 2.13 bits per heavy atom. The number of hydrogen-bond acceptors (Lipinski definition) is 3. The zero-order chi connectivity index (χ0) is 11.5. The van der Waals surface area contributed by atoms with Crippen LogP contribution in [0.1, 0.15) is 5.56 Å². The summed E-state index contributed by atoms with van der Waals surface area (Å²) in [6.45, 7) is -0.181. The maximum Gasteiger partial charge on any atom is 0.419 e. The predicted octanol–water partition coefficient (Wildman–Crippen LogP) is 2.95. The number of alkyl halides is 3. The van der Waals surface area contributed by atoms with Crippen LogP contribution in [0.25, 0.3) is 0 Å². The van der Waals surface area contributed by atoms with Crippen molar-refractivity contribution in [2.45, 2.75) is 11.2 Å². The molecular formula is C8H7BrF3NOS. The number of thioether (sulfide) groups is 1. The predicted molar refractivity (Wildman–Crippen MR) is 54.7 cm³/mol. The molecule has 1 N–H and O–H groups in total. The van der Waals surface area contributed by atoms with Gasteiger partial charge in [-0.1, -0.05) is 0 Å². The van der Waals surface area contributed by atoms with Crippen molar-refractivity contribution >= 4 is 27.7 Å². The van der Waals surface area contributed by atoms with Gasteiger partial charge in [0.2, 0.25) is 0 Å². The molecule has 0 fully saturated rings. The summed E-state index contributed by atoms with van der Waals surface area (Å²) in [5, 5.41) is 8.43. The lowest BCUT2D eigenvalue weighted by atomic mass is 10.3. The first-order chi connectivity index (χ1) is 6.95. The van der Waals surface area contributed by atoms with Crippen LogP contribution in [-0.4, -0.2) is 22.5 Å². The molecule has 1 rings (SSSR count). The second-order valence-corrected chi connectivity index (χ2v) is 4.58. The molecule has 0 spiro atoms. The molecule has 0 aliphatic rings. The minimum Gasteiger partial charge on any atom is -0.396 e. The molecule has 0 aliphatic heterocycles. The van der Waals surface area contributed by atoms with E-state index in [0.29, 0.717) is 0 Å². The van der Waals surface area contributed by atoms with E-state index in [9.17, 15) is 13.2 Å². The molecule has 0 aromatic carbocycles. The molecule has 0 radical (unpaired) electrons. The molecule has 1 aromatic rings. The van der Waals surface area contributed by atoms with Gasteiger partial charge in [0, 0.05) is 16.4 Å². The van der Waals surface area contributed by atoms with E-state index < -0.39 is 11.7 Å². The maximum atomic E-state index is 12.5. The molecule has 0 saturated carbocycles. The number of rotatable bonds is 3. The zero-order valence-corrected chi connectivity index (χ0v) is 9.79. The molecule has 0 unspecified atom stereocenters. The first-order valence-corrected chi connectivity index (χ1v) is 5.69. The summed E-state index contributed by atoms with van der Waals surface area (Å²) >= 11 is 3.82. The van der Waals surface area contributed by atoms with Gasteiger partial charge < -0.3 is 5.11 Å². The fraction of sp³-hybridized carbons (Fsp3) is 0.375. The van der Waals surface area contributed by atoms with E-state index in [-0.39, 0.29) is 21.9 Å². The van der Waals surface area contributed by atoms with E-state index in [1.807, 2.05) is 0 Å². The summed E-state index contributed by atoms with van der Waals surface area (Å²) in [5.41, 5.74) is -0.782.